The number of primary amides is 2. The maximum Gasteiger partial charge on any atom is 0.326 e. The molecule has 0 saturated heterocycles. The average Bonchev–Trinajstić information content (AvgIpc) is 2.83. The third-order valence-corrected chi connectivity index (χ3v) is 5.52. The molecule has 0 aliphatic rings. The van der Waals surface area contributed by atoms with Gasteiger partial charge in [-0.1, -0.05) is 12.1 Å². The number of phenols is 1. The molecule has 1 aromatic rings. The van der Waals surface area contributed by atoms with Crippen LogP contribution < -0.4 is 33.2 Å². The molecule has 4 unspecified atom stereocenters. The fraction of sp³-hybridized carbons (Fsp3) is 0.455. The van der Waals surface area contributed by atoms with Crippen LogP contribution in [0.2, 0.25) is 0 Å². The van der Waals surface area contributed by atoms with Crippen molar-refractivity contribution < 1.29 is 39.0 Å². The molecule has 15 heteroatoms. The molecule has 14 nitrogen and oxygen atoms in total. The van der Waals surface area contributed by atoms with E-state index in [4.69, 9.17) is 17.2 Å². The van der Waals surface area contributed by atoms with Crippen LogP contribution in [0.25, 0.3) is 0 Å². The fourth-order valence-electron chi connectivity index (χ4n) is 3.07. The summed E-state index contributed by atoms with van der Waals surface area (Å²) in [6, 6.07) is 0.586. The molecule has 1 aromatic carbocycles. The monoisotopic (exact) mass is 540 g/mol. The van der Waals surface area contributed by atoms with E-state index < -0.39 is 59.7 Å². The summed E-state index contributed by atoms with van der Waals surface area (Å²) in [6.07, 6.45) is -0.835. The second-order valence-corrected chi connectivity index (χ2v) is 8.56. The summed E-state index contributed by atoms with van der Waals surface area (Å²) in [7, 11) is 0. The van der Waals surface area contributed by atoms with Crippen LogP contribution >= 0.6 is 12.6 Å². The molecule has 5 amide bonds. The minimum atomic E-state index is -1.36. The van der Waals surface area contributed by atoms with Gasteiger partial charge in [0.2, 0.25) is 29.5 Å². The first-order chi connectivity index (χ1) is 17.3. The Balaban J connectivity index is 2.89. The van der Waals surface area contributed by atoms with Crippen LogP contribution in [-0.2, 0) is 35.2 Å². The van der Waals surface area contributed by atoms with Gasteiger partial charge in [-0.05, 0) is 30.5 Å². The maximum absolute atomic E-state index is 12.8. The quantitative estimate of drug-likeness (QED) is 0.0984. The van der Waals surface area contributed by atoms with E-state index in [0.717, 1.165) is 0 Å². The number of carboxylic acids is 1. The number of nitrogens with two attached hydrogens (primary N) is 3. The molecule has 204 valence electrons. The molecule has 11 N–H and O–H groups in total. The number of hydrogen-bond donors (Lipinski definition) is 9. The van der Waals surface area contributed by atoms with E-state index in [0.29, 0.717) is 5.56 Å². The summed E-state index contributed by atoms with van der Waals surface area (Å²) in [6.45, 7) is 0. The lowest BCUT2D eigenvalue weighted by molar-refractivity contribution is -0.142. The average molecular weight is 541 g/mol. The second kappa shape index (κ2) is 15.3. The van der Waals surface area contributed by atoms with Gasteiger partial charge in [0.25, 0.3) is 0 Å². The standard InChI is InChI=1S/C22H32N6O8S/c23-13(5-7-17(24)30)19(32)26-14(6-8-18(25)31)20(33)28-16(10-37)21(34)27-15(22(35)36)9-11-1-3-12(29)4-2-11/h1-4,13-16,29,37H,5-10,23H2,(H2,24,30)(H2,25,31)(H,26,32)(H,27,34)(H,28,33)(H,35,36). The van der Waals surface area contributed by atoms with Gasteiger partial charge >= 0.3 is 5.97 Å². The highest BCUT2D eigenvalue weighted by Gasteiger charge is 2.30. The molecule has 0 aromatic heterocycles. The van der Waals surface area contributed by atoms with Gasteiger partial charge in [0.1, 0.15) is 23.9 Å². The summed E-state index contributed by atoms with van der Waals surface area (Å²) in [4.78, 5) is 71.8. The van der Waals surface area contributed by atoms with Crippen molar-refractivity contribution in [1.82, 2.24) is 16.0 Å². The van der Waals surface area contributed by atoms with E-state index in [9.17, 15) is 39.0 Å². The number of carbonyl (C=O) groups excluding carboxylic acids is 5. The number of rotatable bonds is 16. The van der Waals surface area contributed by atoms with E-state index in [1.54, 1.807) is 0 Å². The summed E-state index contributed by atoms with van der Waals surface area (Å²) in [5, 5.41) is 25.9. The minimum absolute atomic E-state index is 0.00989. The number of benzene rings is 1. The Labute approximate surface area is 218 Å². The number of carbonyl (C=O) groups is 6. The summed E-state index contributed by atoms with van der Waals surface area (Å²) < 4.78 is 0. The van der Waals surface area contributed by atoms with Crippen molar-refractivity contribution in [3.63, 3.8) is 0 Å². The van der Waals surface area contributed by atoms with E-state index in [1.165, 1.54) is 24.3 Å². The van der Waals surface area contributed by atoms with Crippen LogP contribution in [0.15, 0.2) is 24.3 Å². The number of carboxylic acid groups (broad SMARTS) is 1. The molecule has 0 aliphatic carbocycles. The second-order valence-electron chi connectivity index (χ2n) is 8.19. The molecule has 4 atom stereocenters. The SMILES string of the molecule is NC(=O)CCC(N)C(=O)NC(CCC(N)=O)C(=O)NC(CS)C(=O)NC(Cc1ccc(O)cc1)C(=O)O. The Morgan fingerprint density at radius 2 is 1.27 bits per heavy atom. The zero-order chi connectivity index (χ0) is 28.1. The normalized spacial score (nSPS) is 13.9. The summed E-state index contributed by atoms with van der Waals surface area (Å²) in [5.74, 6) is -5.49. The Hall–Kier alpha value is -3.85. The van der Waals surface area contributed by atoms with Crippen molar-refractivity contribution in [3.05, 3.63) is 29.8 Å². The zero-order valence-electron chi connectivity index (χ0n) is 19.9. The highest BCUT2D eigenvalue weighted by molar-refractivity contribution is 7.80. The molecule has 1 rings (SSSR count). The number of amides is 5. The first-order valence-corrected chi connectivity index (χ1v) is 11.8. The summed E-state index contributed by atoms with van der Waals surface area (Å²) in [5.41, 5.74) is 16.4. The number of thiol groups is 1. The van der Waals surface area contributed by atoms with Crippen LogP contribution in [0, 0.1) is 0 Å². The highest BCUT2D eigenvalue weighted by atomic mass is 32.1. The Morgan fingerprint density at radius 3 is 1.78 bits per heavy atom. The molecule has 0 saturated carbocycles. The predicted octanol–water partition coefficient (Wildman–Crippen LogP) is -2.74. The van der Waals surface area contributed by atoms with Crippen molar-refractivity contribution in [2.45, 2.75) is 56.3 Å². The van der Waals surface area contributed by atoms with E-state index >= 15 is 0 Å². The van der Waals surface area contributed by atoms with Gasteiger partial charge in [0.15, 0.2) is 0 Å². The predicted molar refractivity (Wildman–Crippen MR) is 134 cm³/mol. The van der Waals surface area contributed by atoms with Crippen LogP contribution in [0.3, 0.4) is 0 Å². The highest BCUT2D eigenvalue weighted by Crippen LogP contribution is 2.12. The van der Waals surface area contributed by atoms with Gasteiger partial charge in [0.05, 0.1) is 6.04 Å². The number of nitrogens with one attached hydrogen (secondary N) is 3. The Kier molecular flexibility index (Phi) is 12.9. The van der Waals surface area contributed by atoms with Gasteiger partial charge < -0.3 is 43.4 Å². The van der Waals surface area contributed by atoms with Gasteiger partial charge in [-0.25, -0.2) is 4.79 Å². The molecule has 0 spiro atoms. The van der Waals surface area contributed by atoms with Crippen LogP contribution in [0.1, 0.15) is 31.2 Å². The number of aliphatic carboxylic acids is 1. The largest absolute Gasteiger partial charge is 0.508 e. The Bertz CT molecular complexity index is 990. The number of aromatic hydroxyl groups is 1. The van der Waals surface area contributed by atoms with Crippen LogP contribution in [0.5, 0.6) is 5.75 Å². The minimum Gasteiger partial charge on any atom is -0.508 e. The van der Waals surface area contributed by atoms with Crippen LogP contribution in [-0.4, -0.2) is 75.6 Å². The van der Waals surface area contributed by atoms with Crippen molar-refractivity contribution in [1.29, 1.82) is 0 Å². The lowest BCUT2D eigenvalue weighted by Gasteiger charge is -2.24. The molecule has 37 heavy (non-hydrogen) atoms. The molecule has 0 radical (unpaired) electrons. The lowest BCUT2D eigenvalue weighted by atomic mass is 10.1. The molecule has 0 heterocycles. The van der Waals surface area contributed by atoms with Gasteiger partial charge in [0, 0.05) is 25.0 Å². The molecule has 0 aliphatic heterocycles. The number of phenolic OH excluding ortho intramolecular Hbond substituents is 1. The van der Waals surface area contributed by atoms with Crippen molar-refractivity contribution in [2.75, 3.05) is 5.75 Å². The van der Waals surface area contributed by atoms with Crippen LogP contribution in [0.4, 0.5) is 0 Å². The summed E-state index contributed by atoms with van der Waals surface area (Å²) >= 11 is 4.04. The number of hydrogen-bond acceptors (Lipinski definition) is 9. The first-order valence-electron chi connectivity index (χ1n) is 11.2. The van der Waals surface area contributed by atoms with Crippen molar-refractivity contribution >= 4 is 48.1 Å². The van der Waals surface area contributed by atoms with Gasteiger partial charge in [-0.3, -0.25) is 24.0 Å². The molecular weight excluding hydrogens is 508 g/mol. The van der Waals surface area contributed by atoms with Gasteiger partial charge in [-0.15, -0.1) is 0 Å². The molecule has 0 fully saturated rings. The molecular formula is C22H32N6O8S. The van der Waals surface area contributed by atoms with Crippen molar-refractivity contribution in [3.8, 4) is 5.75 Å². The third-order valence-electron chi connectivity index (χ3n) is 5.16. The first kappa shape index (κ1) is 31.2. The topological polar surface area (TPSA) is 257 Å². The third kappa shape index (κ3) is 11.6. The van der Waals surface area contributed by atoms with E-state index in [2.05, 4.69) is 28.6 Å². The maximum atomic E-state index is 12.8. The smallest absolute Gasteiger partial charge is 0.326 e. The van der Waals surface area contributed by atoms with Crippen molar-refractivity contribution in [2.24, 2.45) is 17.2 Å². The lowest BCUT2D eigenvalue weighted by Crippen LogP contribution is -2.58. The van der Waals surface area contributed by atoms with E-state index in [1.807, 2.05) is 0 Å². The molecule has 0 bridgehead atoms. The van der Waals surface area contributed by atoms with Gasteiger partial charge in [-0.2, -0.15) is 12.6 Å². The fourth-order valence-corrected chi connectivity index (χ4v) is 3.33. The Morgan fingerprint density at radius 1 is 0.784 bits per heavy atom. The zero-order valence-corrected chi connectivity index (χ0v) is 20.8. The van der Waals surface area contributed by atoms with E-state index in [-0.39, 0.29) is 43.6 Å².